The maximum absolute atomic E-state index is 8.82. The molecule has 0 heterocycles. The van der Waals surface area contributed by atoms with Crippen LogP contribution in [0.4, 0.5) is 0 Å². The number of aliphatic hydroxyl groups is 1. The number of nitrogens with two attached hydrogens (primary N) is 1. The monoisotopic (exact) mass is 251 g/mol. The Morgan fingerprint density at radius 1 is 1.22 bits per heavy atom. The van der Waals surface area contributed by atoms with Crippen molar-refractivity contribution in [3.05, 3.63) is 29.8 Å². The molecule has 0 saturated carbocycles. The zero-order valence-electron chi connectivity index (χ0n) is 11.5. The van der Waals surface area contributed by atoms with E-state index >= 15 is 0 Å². The Bertz CT molecular complexity index is 333. The minimum Gasteiger partial charge on any atom is -0.494 e. The van der Waals surface area contributed by atoms with Crippen LogP contribution in [-0.4, -0.2) is 24.9 Å². The van der Waals surface area contributed by atoms with Gasteiger partial charge in [-0.15, -0.1) is 0 Å². The van der Waals surface area contributed by atoms with Crippen molar-refractivity contribution in [2.45, 2.75) is 33.1 Å². The molecular weight excluding hydrogens is 226 g/mol. The first-order valence-corrected chi connectivity index (χ1v) is 6.60. The number of aliphatic hydroxyl groups excluding tert-OH is 1. The summed E-state index contributed by atoms with van der Waals surface area (Å²) in [6.07, 6.45) is 2.79. The van der Waals surface area contributed by atoms with Crippen molar-refractivity contribution in [2.75, 3.05) is 19.8 Å². The van der Waals surface area contributed by atoms with Crippen LogP contribution in [0.5, 0.6) is 5.75 Å². The van der Waals surface area contributed by atoms with Crippen molar-refractivity contribution in [1.82, 2.24) is 0 Å². The van der Waals surface area contributed by atoms with Crippen LogP contribution in [0.3, 0.4) is 0 Å². The number of benzene rings is 1. The van der Waals surface area contributed by atoms with Gasteiger partial charge in [0, 0.05) is 6.61 Å². The molecule has 3 nitrogen and oxygen atoms in total. The van der Waals surface area contributed by atoms with Gasteiger partial charge in [-0.3, -0.25) is 0 Å². The third kappa shape index (κ3) is 5.52. The third-order valence-electron chi connectivity index (χ3n) is 3.14. The van der Waals surface area contributed by atoms with Gasteiger partial charge >= 0.3 is 0 Å². The van der Waals surface area contributed by atoms with Gasteiger partial charge in [-0.25, -0.2) is 0 Å². The largest absolute Gasteiger partial charge is 0.494 e. The average molecular weight is 251 g/mol. The van der Waals surface area contributed by atoms with Crippen LogP contribution in [0, 0.1) is 5.41 Å². The summed E-state index contributed by atoms with van der Waals surface area (Å²) in [6.45, 7) is 5.98. The highest BCUT2D eigenvalue weighted by molar-refractivity contribution is 5.27. The van der Waals surface area contributed by atoms with E-state index in [2.05, 4.69) is 13.8 Å². The molecule has 0 aliphatic rings. The lowest BCUT2D eigenvalue weighted by atomic mass is 9.88. The van der Waals surface area contributed by atoms with Gasteiger partial charge in [0.2, 0.25) is 0 Å². The van der Waals surface area contributed by atoms with Gasteiger partial charge in [-0.1, -0.05) is 26.0 Å². The highest BCUT2D eigenvalue weighted by Gasteiger charge is 2.14. The second-order valence-electron chi connectivity index (χ2n) is 5.44. The molecule has 0 fully saturated rings. The van der Waals surface area contributed by atoms with E-state index in [9.17, 15) is 0 Å². The Hall–Kier alpha value is -1.06. The summed E-state index contributed by atoms with van der Waals surface area (Å²) in [5, 5.41) is 8.82. The molecule has 3 heteroatoms. The van der Waals surface area contributed by atoms with E-state index in [0.717, 1.165) is 30.8 Å². The minimum absolute atomic E-state index is 0.189. The normalized spacial score (nSPS) is 11.6. The van der Waals surface area contributed by atoms with Crippen LogP contribution in [-0.2, 0) is 6.42 Å². The van der Waals surface area contributed by atoms with Gasteiger partial charge in [-0.05, 0) is 48.9 Å². The van der Waals surface area contributed by atoms with Crippen molar-refractivity contribution >= 4 is 0 Å². The van der Waals surface area contributed by atoms with E-state index in [1.807, 2.05) is 24.3 Å². The lowest BCUT2D eigenvalue weighted by molar-refractivity contribution is 0.261. The van der Waals surface area contributed by atoms with E-state index in [1.54, 1.807) is 0 Å². The van der Waals surface area contributed by atoms with Gasteiger partial charge in [-0.2, -0.15) is 0 Å². The molecule has 18 heavy (non-hydrogen) atoms. The Morgan fingerprint density at radius 3 is 2.44 bits per heavy atom. The van der Waals surface area contributed by atoms with Crippen LogP contribution in [0.25, 0.3) is 0 Å². The molecule has 0 spiro atoms. The first kappa shape index (κ1) is 15.0. The summed E-state index contributed by atoms with van der Waals surface area (Å²) >= 11 is 0. The number of ether oxygens (including phenoxy) is 1. The molecule has 0 aliphatic carbocycles. The van der Waals surface area contributed by atoms with E-state index in [0.29, 0.717) is 13.0 Å². The van der Waals surface area contributed by atoms with Crippen LogP contribution >= 0.6 is 0 Å². The van der Waals surface area contributed by atoms with Crippen molar-refractivity contribution in [3.8, 4) is 5.75 Å². The van der Waals surface area contributed by atoms with Crippen molar-refractivity contribution < 1.29 is 9.84 Å². The topological polar surface area (TPSA) is 55.5 Å². The molecule has 1 aromatic carbocycles. The van der Waals surface area contributed by atoms with E-state index in [1.165, 1.54) is 0 Å². The van der Waals surface area contributed by atoms with E-state index in [4.69, 9.17) is 15.6 Å². The highest BCUT2D eigenvalue weighted by atomic mass is 16.5. The molecule has 0 atom stereocenters. The predicted octanol–water partition coefficient (Wildman–Crippen LogP) is 2.37. The molecule has 0 aliphatic heterocycles. The molecule has 1 aromatic rings. The number of rotatable bonds is 8. The van der Waals surface area contributed by atoms with Crippen molar-refractivity contribution in [3.63, 3.8) is 0 Å². The lowest BCUT2D eigenvalue weighted by Gasteiger charge is -2.21. The summed E-state index contributed by atoms with van der Waals surface area (Å²) in [6, 6.07) is 7.91. The Balaban J connectivity index is 2.27. The molecule has 0 amide bonds. The fourth-order valence-electron chi connectivity index (χ4n) is 1.72. The van der Waals surface area contributed by atoms with Crippen LogP contribution < -0.4 is 10.5 Å². The highest BCUT2D eigenvalue weighted by Crippen LogP contribution is 2.20. The number of hydrogen-bond acceptors (Lipinski definition) is 3. The fourth-order valence-corrected chi connectivity index (χ4v) is 1.72. The van der Waals surface area contributed by atoms with Crippen LogP contribution in [0.15, 0.2) is 24.3 Å². The summed E-state index contributed by atoms with van der Waals surface area (Å²) in [5.74, 6) is 0.891. The van der Waals surface area contributed by atoms with Gasteiger partial charge in [0.05, 0.1) is 6.61 Å². The zero-order valence-corrected chi connectivity index (χ0v) is 11.5. The van der Waals surface area contributed by atoms with Gasteiger partial charge in [0.1, 0.15) is 5.75 Å². The second-order valence-corrected chi connectivity index (χ2v) is 5.44. The molecular formula is C15H25NO2. The lowest BCUT2D eigenvalue weighted by Crippen LogP contribution is -2.23. The summed E-state index contributed by atoms with van der Waals surface area (Å²) in [5.41, 5.74) is 7.02. The predicted molar refractivity (Wildman–Crippen MR) is 74.8 cm³/mol. The van der Waals surface area contributed by atoms with E-state index < -0.39 is 0 Å². The molecule has 0 radical (unpaired) electrons. The molecule has 1 rings (SSSR count). The maximum Gasteiger partial charge on any atom is 0.119 e. The quantitative estimate of drug-likeness (QED) is 0.697. The first-order chi connectivity index (χ1) is 8.57. The Kier molecular flexibility index (Phi) is 6.16. The molecule has 102 valence electrons. The summed E-state index contributed by atoms with van der Waals surface area (Å²) < 4.78 is 5.68. The standard InChI is InChI=1S/C15H25NO2/c1-15(2,12-16)9-3-11-18-14-6-4-13(5-7-14)8-10-17/h4-7,17H,3,8-12,16H2,1-2H3. The Morgan fingerprint density at radius 2 is 1.89 bits per heavy atom. The van der Waals surface area contributed by atoms with Crippen molar-refractivity contribution in [2.24, 2.45) is 11.1 Å². The SMILES string of the molecule is CC(C)(CN)CCCOc1ccc(CCO)cc1. The van der Waals surface area contributed by atoms with Gasteiger partial charge in [0.25, 0.3) is 0 Å². The first-order valence-electron chi connectivity index (χ1n) is 6.60. The molecule has 0 aromatic heterocycles. The van der Waals surface area contributed by atoms with Crippen LogP contribution in [0.1, 0.15) is 32.3 Å². The van der Waals surface area contributed by atoms with Crippen LogP contribution in [0.2, 0.25) is 0 Å². The van der Waals surface area contributed by atoms with Gasteiger partial charge in [0.15, 0.2) is 0 Å². The summed E-state index contributed by atoms with van der Waals surface area (Å²) in [4.78, 5) is 0. The maximum atomic E-state index is 8.82. The fraction of sp³-hybridized carbons (Fsp3) is 0.600. The third-order valence-corrected chi connectivity index (χ3v) is 3.14. The summed E-state index contributed by atoms with van der Waals surface area (Å²) in [7, 11) is 0. The van der Waals surface area contributed by atoms with Gasteiger partial charge < -0.3 is 15.6 Å². The van der Waals surface area contributed by atoms with E-state index in [-0.39, 0.29) is 12.0 Å². The van der Waals surface area contributed by atoms with Crippen molar-refractivity contribution in [1.29, 1.82) is 0 Å². The minimum atomic E-state index is 0.189. The smallest absolute Gasteiger partial charge is 0.119 e. The molecule has 3 N–H and O–H groups in total. The number of hydrogen-bond donors (Lipinski definition) is 2. The Labute approximate surface area is 110 Å². The molecule has 0 unspecified atom stereocenters. The zero-order chi connectivity index (χ0) is 13.4. The average Bonchev–Trinajstić information content (AvgIpc) is 2.37. The second kappa shape index (κ2) is 7.39. The molecule has 0 bridgehead atoms. The molecule has 0 saturated heterocycles.